The Balaban J connectivity index is 0.00000442. The molecule has 0 saturated carbocycles. The molecule has 1 atom stereocenters. The Bertz CT molecular complexity index is 1620. The van der Waals surface area contributed by atoms with Crippen LogP contribution in [0.5, 0.6) is 17.2 Å². The molecule has 1 radical (unpaired) electrons. The second kappa shape index (κ2) is 15.8. The van der Waals surface area contributed by atoms with Crippen molar-refractivity contribution < 1.29 is 19.0 Å². The van der Waals surface area contributed by atoms with Crippen molar-refractivity contribution in [3.63, 3.8) is 0 Å². The monoisotopic (exact) mass is 595 g/mol. The Hall–Kier alpha value is -3.80. The molecule has 0 fully saturated rings. The van der Waals surface area contributed by atoms with Crippen LogP contribution in [-0.4, -0.2) is 24.4 Å². The van der Waals surface area contributed by atoms with Crippen LogP contribution in [0.15, 0.2) is 109 Å². The third-order valence-corrected chi connectivity index (χ3v) is 8.80. The summed E-state index contributed by atoms with van der Waals surface area (Å²) in [7, 11) is -0.199. The van der Waals surface area contributed by atoms with Crippen molar-refractivity contribution in [3.05, 3.63) is 154 Å². The van der Waals surface area contributed by atoms with E-state index in [1.807, 2.05) is 117 Å². The largest absolute Gasteiger partial charge is 0.489 e. The van der Waals surface area contributed by atoms with Crippen LogP contribution in [0.1, 0.15) is 49.3 Å². The van der Waals surface area contributed by atoms with Crippen LogP contribution in [0.4, 0.5) is 0 Å². The van der Waals surface area contributed by atoms with E-state index in [0.29, 0.717) is 37.1 Å². The Kier molecular flexibility index (Phi) is 11.9. The predicted molar refractivity (Wildman–Crippen MR) is 182 cm³/mol. The molecule has 0 spiro atoms. The third kappa shape index (κ3) is 8.43. The van der Waals surface area contributed by atoms with Crippen molar-refractivity contribution in [2.75, 3.05) is 0 Å². The molecule has 6 heteroatoms. The van der Waals surface area contributed by atoms with Crippen LogP contribution in [0.2, 0.25) is 0 Å². The first-order valence-electron chi connectivity index (χ1n) is 14.5. The quantitative estimate of drug-likeness (QED) is 0.107. The van der Waals surface area contributed by atoms with Gasteiger partial charge in [-0.05, 0) is 75.2 Å². The summed E-state index contributed by atoms with van der Waals surface area (Å²) in [5.74, 6) is 1.79. The fourth-order valence-corrected chi connectivity index (χ4v) is 6.29. The van der Waals surface area contributed by atoms with Gasteiger partial charge in [0.2, 0.25) is 0 Å². The summed E-state index contributed by atoms with van der Waals surface area (Å²) in [5, 5.41) is 0.737. The molecule has 0 aliphatic carbocycles. The molecule has 0 amide bonds. The van der Waals surface area contributed by atoms with Gasteiger partial charge in [-0.25, -0.2) is 0 Å². The first-order valence-corrected chi connectivity index (χ1v) is 15.5. The average molecular weight is 596 g/mol. The molecule has 0 saturated heterocycles. The van der Waals surface area contributed by atoms with Gasteiger partial charge in [0.1, 0.15) is 37.1 Å². The van der Waals surface area contributed by atoms with E-state index in [1.54, 1.807) is 0 Å². The molecule has 0 N–H and O–H groups in total. The van der Waals surface area contributed by atoms with Gasteiger partial charge < -0.3 is 14.2 Å². The van der Waals surface area contributed by atoms with Crippen LogP contribution in [0.25, 0.3) is 0 Å². The number of benzene rings is 5. The standard InChI is InChI=1S/C38H37O4P.Li/c1-26-20-27(2)36(29(4)28(26)3)38(39)43-37-34(41-24-31-16-10-6-11-17-31)21-33(40-23-30-14-8-5-9-15-30)22-35(37)42-25-32-18-12-7-13-19-32;/h5-22,43H,23-25H2,1-4H3;. The fraction of sp³-hybridized carbons (Fsp3) is 0.184. The van der Waals surface area contributed by atoms with E-state index in [1.165, 1.54) is 5.56 Å². The molecule has 5 aromatic carbocycles. The second-order valence-electron chi connectivity index (χ2n) is 10.7. The van der Waals surface area contributed by atoms with Crippen molar-refractivity contribution in [2.24, 2.45) is 0 Å². The molecule has 219 valence electrons. The molecule has 0 aliphatic rings. The summed E-state index contributed by atoms with van der Waals surface area (Å²) in [6.07, 6.45) is 0. The van der Waals surface area contributed by atoms with Crippen molar-refractivity contribution >= 4 is 38.3 Å². The summed E-state index contributed by atoms with van der Waals surface area (Å²) in [6, 6.07) is 35.9. The molecular weight excluding hydrogens is 558 g/mol. The number of carbonyl (C=O) groups is 1. The van der Waals surface area contributed by atoms with E-state index in [2.05, 4.69) is 19.9 Å². The van der Waals surface area contributed by atoms with Crippen LogP contribution < -0.4 is 19.5 Å². The number of ether oxygens (including phenoxy) is 3. The summed E-state index contributed by atoms with van der Waals surface area (Å²) in [6.45, 7) is 9.32. The van der Waals surface area contributed by atoms with E-state index in [0.717, 1.165) is 44.2 Å². The number of rotatable bonds is 12. The normalized spacial score (nSPS) is 10.8. The van der Waals surface area contributed by atoms with E-state index in [4.69, 9.17) is 14.2 Å². The minimum atomic E-state index is -0.199. The first-order chi connectivity index (χ1) is 20.9. The Morgan fingerprint density at radius 2 is 1.00 bits per heavy atom. The molecular formula is C38H37LiO4P. The second-order valence-corrected chi connectivity index (χ2v) is 11.9. The van der Waals surface area contributed by atoms with Crippen LogP contribution >= 0.6 is 8.58 Å². The molecule has 0 heterocycles. The molecule has 5 aromatic rings. The number of hydrogen-bond acceptors (Lipinski definition) is 4. The summed E-state index contributed by atoms with van der Waals surface area (Å²) in [4.78, 5) is 14.0. The Labute approximate surface area is 274 Å². The summed E-state index contributed by atoms with van der Waals surface area (Å²) < 4.78 is 19.1. The van der Waals surface area contributed by atoms with Crippen molar-refractivity contribution in [3.8, 4) is 17.2 Å². The minimum absolute atomic E-state index is 0. The van der Waals surface area contributed by atoms with Crippen LogP contribution in [0, 0.1) is 27.7 Å². The topological polar surface area (TPSA) is 44.8 Å². The first kappa shape index (κ1) is 33.1. The maximum Gasteiger partial charge on any atom is 0.186 e. The van der Waals surface area contributed by atoms with Gasteiger partial charge >= 0.3 is 0 Å². The zero-order chi connectivity index (χ0) is 30.2. The predicted octanol–water partition coefficient (Wildman–Crippen LogP) is 8.42. The molecule has 0 aliphatic heterocycles. The van der Waals surface area contributed by atoms with Crippen LogP contribution in [0.3, 0.4) is 0 Å². The van der Waals surface area contributed by atoms with Gasteiger partial charge in [0.25, 0.3) is 0 Å². The maximum atomic E-state index is 14.0. The van der Waals surface area contributed by atoms with E-state index < -0.39 is 0 Å². The van der Waals surface area contributed by atoms with Gasteiger partial charge in [-0.1, -0.05) is 97.1 Å². The van der Waals surface area contributed by atoms with E-state index in [-0.39, 0.29) is 33.0 Å². The van der Waals surface area contributed by atoms with Crippen molar-refractivity contribution in [1.82, 2.24) is 0 Å². The van der Waals surface area contributed by atoms with Crippen molar-refractivity contribution in [2.45, 2.75) is 47.5 Å². The average Bonchev–Trinajstić information content (AvgIpc) is 3.03. The van der Waals surface area contributed by atoms with Gasteiger partial charge in [-0.2, -0.15) is 0 Å². The molecule has 4 nitrogen and oxygen atoms in total. The van der Waals surface area contributed by atoms with E-state index in [9.17, 15) is 4.79 Å². The van der Waals surface area contributed by atoms with Crippen LogP contribution in [-0.2, 0) is 19.8 Å². The number of carbonyl (C=O) groups excluding carboxylic acids is 1. The summed E-state index contributed by atoms with van der Waals surface area (Å²) in [5.41, 5.74) is 8.30. The van der Waals surface area contributed by atoms with E-state index >= 15 is 0 Å². The molecule has 0 aromatic heterocycles. The SMILES string of the molecule is Cc1cc(C)c(C(=O)Pc2c(OCc3ccccc3)cc(OCc3ccccc3)cc2OCc2ccccc2)c(C)c1C.[Li]. The van der Waals surface area contributed by atoms with Gasteiger partial charge in [0.15, 0.2) is 5.52 Å². The Morgan fingerprint density at radius 1 is 0.568 bits per heavy atom. The molecule has 5 rings (SSSR count). The third-order valence-electron chi connectivity index (χ3n) is 7.58. The zero-order valence-electron chi connectivity index (χ0n) is 26.1. The van der Waals surface area contributed by atoms with Crippen molar-refractivity contribution in [1.29, 1.82) is 0 Å². The smallest absolute Gasteiger partial charge is 0.186 e. The fourth-order valence-electron chi connectivity index (χ4n) is 5.02. The molecule has 1 unspecified atom stereocenters. The van der Waals surface area contributed by atoms with Gasteiger partial charge in [-0.15, -0.1) is 0 Å². The number of aryl methyl sites for hydroxylation is 2. The van der Waals surface area contributed by atoms with Gasteiger partial charge in [0.05, 0.1) is 5.30 Å². The molecule has 44 heavy (non-hydrogen) atoms. The minimum Gasteiger partial charge on any atom is -0.489 e. The maximum absolute atomic E-state index is 14.0. The zero-order valence-corrected chi connectivity index (χ0v) is 27.1. The van der Waals surface area contributed by atoms with Gasteiger partial charge in [-0.3, -0.25) is 4.79 Å². The number of hydrogen-bond donors (Lipinski definition) is 0. The summed E-state index contributed by atoms with van der Waals surface area (Å²) >= 11 is 0. The van der Waals surface area contributed by atoms with Gasteiger partial charge in [0, 0.05) is 36.6 Å². The molecule has 0 bridgehead atoms. The Morgan fingerprint density at radius 3 is 1.45 bits per heavy atom.